The van der Waals surface area contributed by atoms with Gasteiger partial charge in [0, 0.05) is 31.2 Å². The van der Waals surface area contributed by atoms with Crippen LogP contribution in [0.3, 0.4) is 0 Å². The molecule has 118 valence electrons. The van der Waals surface area contributed by atoms with E-state index in [0.717, 1.165) is 24.5 Å². The highest BCUT2D eigenvalue weighted by Gasteiger charge is 2.33. The van der Waals surface area contributed by atoms with Gasteiger partial charge >= 0.3 is 0 Å². The van der Waals surface area contributed by atoms with Crippen LogP contribution in [0.2, 0.25) is 0 Å². The Morgan fingerprint density at radius 1 is 1.43 bits per heavy atom. The minimum absolute atomic E-state index is 0.152. The Hall–Kier alpha value is -1.09. The first kappa shape index (κ1) is 16.3. The molecule has 0 aliphatic carbocycles. The quantitative estimate of drug-likeness (QED) is 0.834. The number of sulfonamides is 1. The highest BCUT2D eigenvalue weighted by atomic mass is 32.2. The maximum atomic E-state index is 13.8. The molecule has 2 unspecified atom stereocenters. The maximum Gasteiger partial charge on any atom is 0.208 e. The molecule has 1 heterocycles. The first-order valence-electron chi connectivity index (χ1n) is 6.58. The van der Waals surface area contributed by atoms with Gasteiger partial charge in [-0.05, 0) is 24.6 Å². The Kier molecular flexibility index (Phi) is 4.92. The minimum Gasteiger partial charge on any atom is -0.392 e. The van der Waals surface area contributed by atoms with Crippen LogP contribution in [0.5, 0.6) is 0 Å². The van der Waals surface area contributed by atoms with Crippen molar-refractivity contribution in [3.8, 4) is 0 Å². The fourth-order valence-electron chi connectivity index (χ4n) is 2.59. The SMILES string of the molecule is CS(=O)(=O)NCCN1CC(O)CC1c1cc(F)ccc1F. The summed E-state index contributed by atoms with van der Waals surface area (Å²) >= 11 is 0. The van der Waals surface area contributed by atoms with Gasteiger partial charge in [-0.3, -0.25) is 4.90 Å². The number of nitrogens with one attached hydrogen (secondary N) is 1. The molecule has 8 heteroatoms. The van der Waals surface area contributed by atoms with Gasteiger partial charge in [0.05, 0.1) is 12.4 Å². The second kappa shape index (κ2) is 6.35. The van der Waals surface area contributed by atoms with E-state index < -0.39 is 33.8 Å². The number of aliphatic hydroxyl groups excluding tert-OH is 1. The van der Waals surface area contributed by atoms with E-state index in [1.807, 2.05) is 0 Å². The van der Waals surface area contributed by atoms with Crippen LogP contribution in [-0.4, -0.2) is 50.4 Å². The number of likely N-dealkylation sites (tertiary alicyclic amines) is 1. The van der Waals surface area contributed by atoms with Gasteiger partial charge in [-0.1, -0.05) is 0 Å². The number of hydrogen-bond donors (Lipinski definition) is 2. The number of aliphatic hydroxyl groups is 1. The Morgan fingerprint density at radius 3 is 2.81 bits per heavy atom. The second-order valence-corrected chi connectivity index (χ2v) is 7.07. The van der Waals surface area contributed by atoms with E-state index in [1.165, 1.54) is 0 Å². The van der Waals surface area contributed by atoms with Gasteiger partial charge in [-0.2, -0.15) is 0 Å². The van der Waals surface area contributed by atoms with Gasteiger partial charge < -0.3 is 5.11 Å². The molecule has 0 radical (unpaired) electrons. The van der Waals surface area contributed by atoms with E-state index in [0.29, 0.717) is 19.5 Å². The highest BCUT2D eigenvalue weighted by molar-refractivity contribution is 7.88. The zero-order valence-corrected chi connectivity index (χ0v) is 12.4. The third-order valence-corrected chi connectivity index (χ3v) is 4.19. The summed E-state index contributed by atoms with van der Waals surface area (Å²) in [6.45, 7) is 0.760. The van der Waals surface area contributed by atoms with Crippen LogP contribution in [0.25, 0.3) is 0 Å². The predicted molar refractivity (Wildman–Crippen MR) is 74.1 cm³/mol. The maximum absolute atomic E-state index is 13.8. The number of β-amino-alcohol motifs (C(OH)–C–C–N with tert-alkyl or cyclic N) is 1. The van der Waals surface area contributed by atoms with Crippen molar-refractivity contribution in [1.82, 2.24) is 9.62 Å². The van der Waals surface area contributed by atoms with E-state index in [1.54, 1.807) is 4.90 Å². The van der Waals surface area contributed by atoms with Crippen molar-refractivity contribution in [2.45, 2.75) is 18.6 Å². The zero-order chi connectivity index (χ0) is 15.6. The summed E-state index contributed by atoms with van der Waals surface area (Å²) in [7, 11) is -3.30. The zero-order valence-electron chi connectivity index (χ0n) is 11.6. The molecule has 2 atom stereocenters. The fraction of sp³-hybridized carbons (Fsp3) is 0.538. The third-order valence-electron chi connectivity index (χ3n) is 3.46. The average molecular weight is 320 g/mol. The van der Waals surface area contributed by atoms with Crippen LogP contribution in [0.1, 0.15) is 18.0 Å². The van der Waals surface area contributed by atoms with Crippen LogP contribution < -0.4 is 4.72 Å². The second-order valence-electron chi connectivity index (χ2n) is 5.23. The molecule has 1 saturated heterocycles. The van der Waals surface area contributed by atoms with Gasteiger partial charge in [-0.25, -0.2) is 21.9 Å². The number of nitrogens with zero attached hydrogens (tertiary/aromatic N) is 1. The Labute approximate surface area is 122 Å². The van der Waals surface area contributed by atoms with E-state index >= 15 is 0 Å². The van der Waals surface area contributed by atoms with Gasteiger partial charge in [0.25, 0.3) is 0 Å². The Bertz CT molecular complexity index is 609. The Balaban J connectivity index is 2.11. The molecule has 5 nitrogen and oxygen atoms in total. The van der Waals surface area contributed by atoms with Crippen molar-refractivity contribution in [1.29, 1.82) is 0 Å². The largest absolute Gasteiger partial charge is 0.392 e. The lowest BCUT2D eigenvalue weighted by Gasteiger charge is -2.24. The topological polar surface area (TPSA) is 69.6 Å². The summed E-state index contributed by atoms with van der Waals surface area (Å²) in [5, 5.41) is 9.75. The molecule has 1 aromatic carbocycles. The highest BCUT2D eigenvalue weighted by Crippen LogP contribution is 2.33. The normalized spacial score (nSPS) is 23.6. The molecular weight excluding hydrogens is 302 g/mol. The molecule has 1 aromatic rings. The lowest BCUT2D eigenvalue weighted by Crippen LogP contribution is -2.35. The molecule has 0 aromatic heterocycles. The molecule has 0 amide bonds. The molecule has 21 heavy (non-hydrogen) atoms. The molecule has 1 aliphatic rings. The molecule has 2 N–H and O–H groups in total. The van der Waals surface area contributed by atoms with Crippen molar-refractivity contribution >= 4 is 10.0 Å². The monoisotopic (exact) mass is 320 g/mol. The van der Waals surface area contributed by atoms with Gasteiger partial charge in [0.2, 0.25) is 10.0 Å². The van der Waals surface area contributed by atoms with Crippen LogP contribution in [-0.2, 0) is 10.0 Å². The van der Waals surface area contributed by atoms with Crippen molar-refractivity contribution < 1.29 is 22.3 Å². The van der Waals surface area contributed by atoms with Crippen LogP contribution in [0.4, 0.5) is 8.78 Å². The first-order chi connectivity index (χ1) is 9.76. The van der Waals surface area contributed by atoms with Crippen LogP contribution in [0, 0.1) is 11.6 Å². The van der Waals surface area contributed by atoms with Crippen molar-refractivity contribution in [3.63, 3.8) is 0 Å². The number of hydrogen-bond acceptors (Lipinski definition) is 4. The molecule has 0 spiro atoms. The Morgan fingerprint density at radius 2 is 2.14 bits per heavy atom. The average Bonchev–Trinajstić information content (AvgIpc) is 2.72. The smallest absolute Gasteiger partial charge is 0.208 e. The lowest BCUT2D eigenvalue weighted by atomic mass is 10.0. The number of halogens is 2. The van der Waals surface area contributed by atoms with Crippen molar-refractivity contribution in [3.05, 3.63) is 35.4 Å². The summed E-state index contributed by atoms with van der Waals surface area (Å²) in [5.74, 6) is -1.07. The molecule has 0 saturated carbocycles. The predicted octanol–water partition coefficient (Wildman–Crippen LogP) is 0.622. The molecule has 1 aliphatic heterocycles. The van der Waals surface area contributed by atoms with E-state index in [9.17, 15) is 22.3 Å². The number of benzene rings is 1. The van der Waals surface area contributed by atoms with Gasteiger partial charge in [0.15, 0.2) is 0 Å². The summed E-state index contributed by atoms with van der Waals surface area (Å²) < 4.78 is 51.5. The van der Waals surface area contributed by atoms with Crippen molar-refractivity contribution in [2.75, 3.05) is 25.9 Å². The molecular formula is C13H18F2N2O3S. The summed E-state index contributed by atoms with van der Waals surface area (Å²) in [5.41, 5.74) is 0.186. The van der Waals surface area contributed by atoms with Crippen LogP contribution >= 0.6 is 0 Å². The molecule has 1 fully saturated rings. The standard InChI is InChI=1S/C13H18F2N2O3S/c1-21(19,20)16-4-5-17-8-10(18)7-13(17)11-6-9(14)2-3-12(11)15/h2-3,6,10,13,16,18H,4-5,7-8H2,1H3. The third kappa shape index (κ3) is 4.44. The van der Waals surface area contributed by atoms with Crippen molar-refractivity contribution in [2.24, 2.45) is 0 Å². The summed E-state index contributed by atoms with van der Waals surface area (Å²) in [4.78, 5) is 1.75. The molecule has 2 rings (SSSR count). The first-order valence-corrected chi connectivity index (χ1v) is 8.47. The minimum atomic E-state index is -3.30. The van der Waals surface area contributed by atoms with Gasteiger partial charge in [0.1, 0.15) is 11.6 Å². The fourth-order valence-corrected chi connectivity index (χ4v) is 3.06. The van der Waals surface area contributed by atoms with Gasteiger partial charge in [-0.15, -0.1) is 0 Å². The van der Waals surface area contributed by atoms with Crippen LogP contribution in [0.15, 0.2) is 18.2 Å². The lowest BCUT2D eigenvalue weighted by molar-refractivity contribution is 0.176. The summed E-state index contributed by atoms with van der Waals surface area (Å²) in [6.07, 6.45) is 0.699. The van der Waals surface area contributed by atoms with E-state index in [-0.39, 0.29) is 12.1 Å². The summed E-state index contributed by atoms with van der Waals surface area (Å²) in [6, 6.07) is 2.76. The van der Waals surface area contributed by atoms with E-state index in [4.69, 9.17) is 0 Å². The number of rotatable bonds is 5. The van der Waals surface area contributed by atoms with E-state index in [2.05, 4.69) is 4.72 Å². The molecule has 0 bridgehead atoms.